The quantitative estimate of drug-likeness (QED) is 0.780. The summed E-state index contributed by atoms with van der Waals surface area (Å²) in [5, 5.41) is 11.1. The maximum absolute atomic E-state index is 12.4. The van der Waals surface area contributed by atoms with Crippen molar-refractivity contribution in [1.29, 1.82) is 0 Å². The first-order chi connectivity index (χ1) is 8.65. The Balaban J connectivity index is 2.14. The summed E-state index contributed by atoms with van der Waals surface area (Å²) in [7, 11) is 0. The molecule has 1 saturated heterocycles. The van der Waals surface area contributed by atoms with E-state index in [1.165, 1.54) is 0 Å². The van der Waals surface area contributed by atoms with E-state index in [-0.39, 0.29) is 11.2 Å². The molecule has 0 aliphatic carbocycles. The zero-order valence-electron chi connectivity index (χ0n) is 10.4. The van der Waals surface area contributed by atoms with Gasteiger partial charge in [0.1, 0.15) is 0 Å². The predicted octanol–water partition coefficient (Wildman–Crippen LogP) is 2.20. The van der Waals surface area contributed by atoms with Crippen molar-refractivity contribution in [2.24, 2.45) is 0 Å². The van der Waals surface area contributed by atoms with Gasteiger partial charge in [-0.2, -0.15) is 11.8 Å². The minimum Gasteiger partial charge on any atom is -0.366 e. The van der Waals surface area contributed by atoms with Crippen molar-refractivity contribution in [2.75, 3.05) is 12.3 Å². The van der Waals surface area contributed by atoms with Gasteiger partial charge in [0.05, 0.1) is 5.25 Å². The monoisotopic (exact) mass is 263 g/mol. The fourth-order valence-electron chi connectivity index (χ4n) is 2.89. The molecule has 2 aliphatic heterocycles. The molecule has 3 nitrogen and oxygen atoms in total. The van der Waals surface area contributed by atoms with Crippen molar-refractivity contribution in [1.82, 2.24) is 4.90 Å². The molecule has 2 heterocycles. The molecule has 0 bridgehead atoms. The summed E-state index contributed by atoms with van der Waals surface area (Å²) >= 11 is 1.75. The maximum atomic E-state index is 12.4. The topological polar surface area (TPSA) is 40.5 Å². The number of fused-ring (bicyclic) bond motifs is 3. The van der Waals surface area contributed by atoms with Gasteiger partial charge in [0.2, 0.25) is 0 Å². The van der Waals surface area contributed by atoms with Gasteiger partial charge in [-0.15, -0.1) is 0 Å². The Morgan fingerprint density at radius 2 is 2.17 bits per heavy atom. The second kappa shape index (κ2) is 4.28. The van der Waals surface area contributed by atoms with Crippen molar-refractivity contribution in [3.8, 4) is 0 Å². The Morgan fingerprint density at radius 3 is 3.00 bits per heavy atom. The zero-order chi connectivity index (χ0) is 12.8. The van der Waals surface area contributed by atoms with Crippen LogP contribution in [-0.2, 0) is 5.72 Å². The smallest absolute Gasteiger partial charge is 0.256 e. The fraction of sp³-hybridized carbons (Fsp3) is 0.500. The molecule has 0 aromatic heterocycles. The summed E-state index contributed by atoms with van der Waals surface area (Å²) < 4.78 is 0. The van der Waals surface area contributed by atoms with Crippen LogP contribution in [0.2, 0.25) is 0 Å². The van der Waals surface area contributed by atoms with E-state index in [0.29, 0.717) is 12.1 Å². The molecule has 3 rings (SSSR count). The summed E-state index contributed by atoms with van der Waals surface area (Å²) in [5.41, 5.74) is 0.310. The first kappa shape index (κ1) is 12.1. The van der Waals surface area contributed by atoms with E-state index < -0.39 is 5.72 Å². The summed E-state index contributed by atoms with van der Waals surface area (Å²) in [6.07, 6.45) is 2.06. The lowest BCUT2D eigenvalue weighted by atomic mass is 9.98. The van der Waals surface area contributed by atoms with Gasteiger partial charge in [-0.05, 0) is 31.6 Å². The average Bonchev–Trinajstić information content (AvgIpc) is 2.59. The van der Waals surface area contributed by atoms with Gasteiger partial charge < -0.3 is 10.0 Å². The van der Waals surface area contributed by atoms with E-state index in [4.69, 9.17) is 0 Å². The summed E-state index contributed by atoms with van der Waals surface area (Å²) in [6.45, 7) is 2.66. The van der Waals surface area contributed by atoms with Crippen LogP contribution in [0.5, 0.6) is 0 Å². The molecular weight excluding hydrogens is 246 g/mol. The molecule has 1 fully saturated rings. The highest BCUT2D eigenvalue weighted by Gasteiger charge is 2.52. The van der Waals surface area contributed by atoms with Crippen LogP contribution in [0.4, 0.5) is 0 Å². The molecule has 1 aromatic carbocycles. The molecule has 1 N–H and O–H groups in total. The number of thioether (sulfide) groups is 1. The van der Waals surface area contributed by atoms with Crippen LogP contribution in [-0.4, -0.2) is 33.5 Å². The van der Waals surface area contributed by atoms with Crippen molar-refractivity contribution < 1.29 is 9.90 Å². The van der Waals surface area contributed by atoms with Crippen molar-refractivity contribution in [3.05, 3.63) is 35.4 Å². The van der Waals surface area contributed by atoms with Gasteiger partial charge in [0.25, 0.3) is 5.91 Å². The first-order valence-corrected chi connectivity index (χ1v) is 7.46. The third kappa shape index (κ3) is 1.52. The standard InChI is InChI=1S/C14H17NO2S/c1-10-14(17)12-7-3-2-6-11(12)13(16)15(14)8-4-5-9-18-10/h2-3,6-7,10,17H,4-5,8-9H2,1H3/t10-,14-/m1/s1. The molecule has 0 spiro atoms. The lowest BCUT2D eigenvalue weighted by Crippen LogP contribution is -2.51. The van der Waals surface area contributed by atoms with Crippen LogP contribution < -0.4 is 0 Å². The van der Waals surface area contributed by atoms with Gasteiger partial charge in [0, 0.05) is 17.7 Å². The molecule has 2 aliphatic rings. The number of aliphatic hydroxyl groups is 1. The predicted molar refractivity (Wildman–Crippen MR) is 72.5 cm³/mol. The highest BCUT2D eigenvalue weighted by atomic mass is 32.2. The number of carbonyl (C=O) groups excluding carboxylic acids is 1. The van der Waals surface area contributed by atoms with Crippen LogP contribution in [0.3, 0.4) is 0 Å². The Morgan fingerprint density at radius 1 is 1.39 bits per heavy atom. The Labute approximate surface area is 111 Å². The molecule has 0 saturated carbocycles. The number of benzene rings is 1. The molecule has 1 aromatic rings. The lowest BCUT2D eigenvalue weighted by Gasteiger charge is -2.40. The Hall–Kier alpha value is -1.00. The molecular formula is C14H17NO2S. The van der Waals surface area contributed by atoms with Crippen molar-refractivity contribution in [2.45, 2.75) is 30.7 Å². The minimum atomic E-state index is -1.13. The van der Waals surface area contributed by atoms with Crippen LogP contribution >= 0.6 is 11.8 Å². The number of amides is 1. The summed E-state index contributed by atoms with van der Waals surface area (Å²) in [5.74, 6) is 1.02. The molecule has 2 atom stereocenters. The van der Waals surface area contributed by atoms with Crippen molar-refractivity contribution >= 4 is 17.7 Å². The normalized spacial score (nSPS) is 31.6. The fourth-order valence-corrected chi connectivity index (χ4v) is 4.11. The number of hydrogen-bond acceptors (Lipinski definition) is 3. The van der Waals surface area contributed by atoms with Gasteiger partial charge in [-0.1, -0.05) is 18.2 Å². The van der Waals surface area contributed by atoms with E-state index in [0.717, 1.165) is 24.2 Å². The highest BCUT2D eigenvalue weighted by Crippen LogP contribution is 2.44. The van der Waals surface area contributed by atoms with Crippen molar-refractivity contribution in [3.63, 3.8) is 0 Å². The molecule has 96 valence electrons. The van der Waals surface area contributed by atoms with Crippen LogP contribution in [0, 0.1) is 0 Å². The number of rotatable bonds is 0. The third-order valence-electron chi connectivity index (χ3n) is 3.92. The van der Waals surface area contributed by atoms with E-state index in [1.54, 1.807) is 16.7 Å². The van der Waals surface area contributed by atoms with E-state index in [1.807, 2.05) is 31.2 Å². The second-order valence-electron chi connectivity index (χ2n) is 4.95. The molecule has 18 heavy (non-hydrogen) atoms. The zero-order valence-corrected chi connectivity index (χ0v) is 11.2. The highest BCUT2D eigenvalue weighted by molar-refractivity contribution is 7.99. The number of nitrogens with zero attached hydrogens (tertiary/aromatic N) is 1. The van der Waals surface area contributed by atoms with E-state index >= 15 is 0 Å². The molecule has 4 heteroatoms. The van der Waals surface area contributed by atoms with Crippen LogP contribution in [0.25, 0.3) is 0 Å². The van der Waals surface area contributed by atoms with Gasteiger partial charge in [0.15, 0.2) is 5.72 Å². The lowest BCUT2D eigenvalue weighted by molar-refractivity contribution is -0.0831. The third-order valence-corrected chi connectivity index (χ3v) is 5.27. The van der Waals surface area contributed by atoms with Gasteiger partial charge in [-0.25, -0.2) is 0 Å². The molecule has 0 unspecified atom stereocenters. The largest absolute Gasteiger partial charge is 0.366 e. The number of hydrogen-bond donors (Lipinski definition) is 1. The Bertz CT molecular complexity index is 490. The SMILES string of the molecule is C[C@H]1SCCCCN2C(=O)c3ccccc3[C@]12O. The van der Waals surface area contributed by atoms with Crippen LogP contribution in [0.15, 0.2) is 24.3 Å². The average molecular weight is 263 g/mol. The van der Waals surface area contributed by atoms with Gasteiger partial charge in [-0.3, -0.25) is 4.79 Å². The van der Waals surface area contributed by atoms with Crippen LogP contribution in [0.1, 0.15) is 35.7 Å². The summed E-state index contributed by atoms with van der Waals surface area (Å²) in [6, 6.07) is 7.45. The second-order valence-corrected chi connectivity index (χ2v) is 6.40. The maximum Gasteiger partial charge on any atom is 0.256 e. The van der Waals surface area contributed by atoms with E-state index in [9.17, 15) is 9.90 Å². The molecule has 1 amide bonds. The Kier molecular flexibility index (Phi) is 2.87. The van der Waals surface area contributed by atoms with Gasteiger partial charge >= 0.3 is 0 Å². The van der Waals surface area contributed by atoms with E-state index in [2.05, 4.69) is 0 Å². The summed E-state index contributed by atoms with van der Waals surface area (Å²) in [4.78, 5) is 14.1. The molecule has 0 radical (unpaired) electrons. The first-order valence-electron chi connectivity index (χ1n) is 6.41. The number of carbonyl (C=O) groups is 1. The minimum absolute atomic E-state index is 0.00500.